The largest absolute Gasteiger partial charge is 0.302 e. The van der Waals surface area contributed by atoms with Crippen LogP contribution in [0.4, 0.5) is 5.69 Å². The van der Waals surface area contributed by atoms with Crippen molar-refractivity contribution in [1.82, 2.24) is 0 Å². The summed E-state index contributed by atoms with van der Waals surface area (Å²) in [5.41, 5.74) is 2.13. The van der Waals surface area contributed by atoms with E-state index in [1.807, 2.05) is 65.6 Å². The molecule has 0 spiro atoms. The molecule has 0 fully saturated rings. The summed E-state index contributed by atoms with van der Waals surface area (Å²) in [6, 6.07) is 20.2. The minimum Gasteiger partial charge on any atom is -0.302 e. The zero-order valence-electron chi connectivity index (χ0n) is 10.5. The van der Waals surface area contributed by atoms with Crippen LogP contribution in [0.25, 0.3) is 0 Å². The molecule has 2 heteroatoms. The second-order valence-electron chi connectivity index (χ2n) is 3.80. The van der Waals surface area contributed by atoms with Gasteiger partial charge in [0.2, 0.25) is 0 Å². The van der Waals surface area contributed by atoms with Crippen LogP contribution < -0.4 is 4.90 Å². The van der Waals surface area contributed by atoms with Crippen molar-refractivity contribution in [1.29, 1.82) is 0 Å². The van der Waals surface area contributed by atoms with Crippen LogP contribution in [-0.4, -0.2) is 12.9 Å². The lowest BCUT2D eigenvalue weighted by Crippen LogP contribution is -2.25. The second-order valence-corrected chi connectivity index (χ2v) is 3.80. The first-order valence-electron chi connectivity index (χ1n) is 5.86. The lowest BCUT2D eigenvalue weighted by atomic mass is 10.1. The van der Waals surface area contributed by atoms with Crippen LogP contribution >= 0.6 is 0 Å². The Morgan fingerprint density at radius 2 is 1.56 bits per heavy atom. The van der Waals surface area contributed by atoms with Crippen molar-refractivity contribution in [2.75, 3.05) is 11.9 Å². The molecule has 0 N–H and O–H groups in total. The predicted molar refractivity (Wildman–Crippen MR) is 78.0 cm³/mol. The monoisotopic (exact) mass is 236 g/mol. The number of benzene rings is 2. The van der Waals surface area contributed by atoms with E-state index < -0.39 is 0 Å². The first-order valence-corrected chi connectivity index (χ1v) is 5.86. The van der Waals surface area contributed by atoms with E-state index in [-0.39, 0.29) is 0 Å². The molecular weight excluding hydrogens is 220 g/mol. The normalized spacial score (nSPS) is 11.1. The molecule has 18 heavy (non-hydrogen) atoms. The van der Waals surface area contributed by atoms with E-state index in [9.17, 15) is 0 Å². The molecule has 0 aliphatic rings. The van der Waals surface area contributed by atoms with Gasteiger partial charge >= 0.3 is 0 Å². The summed E-state index contributed by atoms with van der Waals surface area (Å²) in [6.45, 7) is 3.88. The summed E-state index contributed by atoms with van der Waals surface area (Å²) in [4.78, 5) is 6.36. The van der Waals surface area contributed by atoms with Gasteiger partial charge in [-0.15, -0.1) is 0 Å². The second kappa shape index (κ2) is 5.82. The number of anilines is 1. The van der Waals surface area contributed by atoms with Crippen LogP contribution in [0.5, 0.6) is 0 Å². The first-order chi connectivity index (χ1) is 8.86. The minimum atomic E-state index is 0.886. The Morgan fingerprint density at radius 3 is 2.06 bits per heavy atom. The van der Waals surface area contributed by atoms with Crippen molar-refractivity contribution in [2.24, 2.45) is 4.99 Å². The van der Waals surface area contributed by atoms with Crippen molar-refractivity contribution in [2.45, 2.75) is 0 Å². The van der Waals surface area contributed by atoms with Gasteiger partial charge in [0.15, 0.2) is 0 Å². The standard InChI is InChI=1S/C16H16N2/c1-3-18(15-12-8-5-9-13-15)16(17-2)14-10-6-4-7-11-14/h3-13H,1H2,2H3. The summed E-state index contributed by atoms with van der Waals surface area (Å²) in [6.07, 6.45) is 1.78. The first kappa shape index (κ1) is 12.1. The fourth-order valence-corrected chi connectivity index (χ4v) is 1.87. The Labute approximate surface area is 108 Å². The molecule has 0 saturated carbocycles. The van der Waals surface area contributed by atoms with Crippen molar-refractivity contribution < 1.29 is 0 Å². The smallest absolute Gasteiger partial charge is 0.139 e. The minimum absolute atomic E-state index is 0.886. The molecule has 2 nitrogen and oxygen atoms in total. The van der Waals surface area contributed by atoms with Gasteiger partial charge in [-0.2, -0.15) is 0 Å². The van der Waals surface area contributed by atoms with Gasteiger partial charge in [0.25, 0.3) is 0 Å². The van der Waals surface area contributed by atoms with Crippen LogP contribution in [0.15, 0.2) is 78.4 Å². The maximum absolute atomic E-state index is 4.38. The van der Waals surface area contributed by atoms with Crippen molar-refractivity contribution in [3.05, 3.63) is 79.0 Å². The Hall–Kier alpha value is -2.35. The Morgan fingerprint density at radius 1 is 1.00 bits per heavy atom. The van der Waals surface area contributed by atoms with Gasteiger partial charge in [-0.1, -0.05) is 55.1 Å². The molecule has 0 aromatic heterocycles. The van der Waals surface area contributed by atoms with Crippen LogP contribution in [-0.2, 0) is 0 Å². The number of nitrogens with zero attached hydrogens (tertiary/aromatic N) is 2. The highest BCUT2D eigenvalue weighted by molar-refractivity contribution is 6.10. The highest BCUT2D eigenvalue weighted by atomic mass is 15.2. The third-order valence-electron chi connectivity index (χ3n) is 2.69. The number of rotatable bonds is 3. The van der Waals surface area contributed by atoms with Gasteiger partial charge in [-0.3, -0.25) is 4.99 Å². The molecule has 0 aliphatic heterocycles. The lowest BCUT2D eigenvalue weighted by molar-refractivity contribution is 1.29. The molecule has 0 atom stereocenters. The molecule has 0 bridgehead atoms. The van der Waals surface area contributed by atoms with Gasteiger partial charge < -0.3 is 4.90 Å². The summed E-state index contributed by atoms with van der Waals surface area (Å²) < 4.78 is 0. The molecule has 0 amide bonds. The van der Waals surface area contributed by atoms with Crippen LogP contribution in [0.1, 0.15) is 5.56 Å². The van der Waals surface area contributed by atoms with E-state index in [2.05, 4.69) is 11.6 Å². The number of para-hydroxylation sites is 1. The molecular formula is C16H16N2. The third-order valence-corrected chi connectivity index (χ3v) is 2.69. The van der Waals surface area contributed by atoms with Crippen LogP contribution in [0, 0.1) is 0 Å². The van der Waals surface area contributed by atoms with Crippen molar-refractivity contribution >= 4 is 11.5 Å². The van der Waals surface area contributed by atoms with E-state index >= 15 is 0 Å². The zero-order valence-corrected chi connectivity index (χ0v) is 10.5. The van der Waals surface area contributed by atoms with E-state index in [4.69, 9.17) is 0 Å². The summed E-state index contributed by atoms with van der Waals surface area (Å²) in [5, 5.41) is 0. The Balaban J connectivity index is 2.41. The summed E-state index contributed by atoms with van der Waals surface area (Å²) in [5.74, 6) is 0.886. The van der Waals surface area contributed by atoms with Gasteiger partial charge in [-0.05, 0) is 12.1 Å². The maximum Gasteiger partial charge on any atom is 0.139 e. The van der Waals surface area contributed by atoms with Gasteiger partial charge in [0, 0.05) is 24.5 Å². The number of hydrogen-bond acceptors (Lipinski definition) is 1. The van der Waals surface area contributed by atoms with Crippen molar-refractivity contribution in [3.63, 3.8) is 0 Å². The molecule has 2 aromatic rings. The molecule has 0 saturated heterocycles. The topological polar surface area (TPSA) is 15.6 Å². The van der Waals surface area contributed by atoms with E-state index in [0.717, 1.165) is 17.1 Å². The van der Waals surface area contributed by atoms with Gasteiger partial charge in [0.1, 0.15) is 5.84 Å². The molecule has 0 radical (unpaired) electrons. The van der Waals surface area contributed by atoms with Crippen LogP contribution in [0.2, 0.25) is 0 Å². The zero-order chi connectivity index (χ0) is 12.8. The van der Waals surface area contributed by atoms with Crippen molar-refractivity contribution in [3.8, 4) is 0 Å². The Kier molecular flexibility index (Phi) is 3.92. The van der Waals surface area contributed by atoms with E-state index in [1.165, 1.54) is 0 Å². The SMILES string of the molecule is C=CN(C(=NC)c1ccccc1)c1ccccc1. The predicted octanol–water partition coefficient (Wildman–Crippen LogP) is 3.71. The Bertz CT molecular complexity index is 530. The van der Waals surface area contributed by atoms with E-state index in [1.54, 1.807) is 13.2 Å². The molecule has 2 rings (SSSR count). The number of amidine groups is 1. The molecule has 2 aromatic carbocycles. The molecule has 0 aliphatic carbocycles. The number of aliphatic imine (C=N–C) groups is 1. The highest BCUT2D eigenvalue weighted by Gasteiger charge is 2.11. The van der Waals surface area contributed by atoms with E-state index in [0.29, 0.717) is 0 Å². The molecule has 0 unspecified atom stereocenters. The summed E-state index contributed by atoms with van der Waals surface area (Å²) in [7, 11) is 1.79. The molecule has 0 heterocycles. The third kappa shape index (κ3) is 2.48. The van der Waals surface area contributed by atoms with Gasteiger partial charge in [0.05, 0.1) is 0 Å². The van der Waals surface area contributed by atoms with Gasteiger partial charge in [-0.25, -0.2) is 0 Å². The van der Waals surface area contributed by atoms with Crippen LogP contribution in [0.3, 0.4) is 0 Å². The molecule has 90 valence electrons. The number of hydrogen-bond donors (Lipinski definition) is 0. The fraction of sp³-hybridized carbons (Fsp3) is 0.0625. The summed E-state index contributed by atoms with van der Waals surface area (Å²) >= 11 is 0. The fourth-order valence-electron chi connectivity index (χ4n) is 1.87. The quantitative estimate of drug-likeness (QED) is 0.586. The lowest BCUT2D eigenvalue weighted by Gasteiger charge is -2.22. The average Bonchev–Trinajstić information content (AvgIpc) is 2.46. The highest BCUT2D eigenvalue weighted by Crippen LogP contribution is 2.17. The average molecular weight is 236 g/mol. The maximum atomic E-state index is 4.38.